The largest absolute Gasteiger partial charge is 0.320 e. The number of benzene rings is 1. The first-order valence-corrected chi connectivity index (χ1v) is 6.29. The quantitative estimate of drug-likeness (QED) is 0.790. The molecule has 0 spiro atoms. The Morgan fingerprint density at radius 2 is 1.74 bits per heavy atom. The molecule has 0 atom stereocenters. The molecule has 0 unspecified atom stereocenters. The van der Waals surface area contributed by atoms with Gasteiger partial charge >= 0.3 is 0 Å². The Balaban J connectivity index is 2.80. The van der Waals surface area contributed by atoms with E-state index < -0.39 is 5.24 Å². The van der Waals surface area contributed by atoms with Gasteiger partial charge in [-0.25, -0.2) is 0 Å². The second-order valence-corrected chi connectivity index (χ2v) is 4.92. The van der Waals surface area contributed by atoms with Gasteiger partial charge in [0.05, 0.1) is 11.3 Å². The van der Waals surface area contributed by atoms with Gasteiger partial charge in [-0.15, -0.1) is 0 Å². The molecule has 98 valence electrons. The van der Waals surface area contributed by atoms with E-state index in [1.165, 1.54) is 12.3 Å². The van der Waals surface area contributed by atoms with E-state index in [4.69, 9.17) is 11.6 Å². The first kappa shape index (κ1) is 13.6. The molecule has 2 rings (SSSR count). The third kappa shape index (κ3) is 2.47. The van der Waals surface area contributed by atoms with Crippen molar-refractivity contribution in [2.24, 2.45) is 0 Å². The second kappa shape index (κ2) is 5.02. The highest BCUT2D eigenvalue weighted by molar-refractivity contribution is 6.67. The van der Waals surface area contributed by atoms with E-state index in [-0.39, 0.29) is 11.0 Å². The number of carbonyl (C=O) groups excluding carboxylic acids is 1. The van der Waals surface area contributed by atoms with Crippen LogP contribution in [0.25, 0.3) is 5.69 Å². The SMILES string of the molecule is Cc1cccc(C)c1-n1cc(C(=O)Cl)c(=O)cc1C. The molecule has 0 aliphatic heterocycles. The van der Waals surface area contributed by atoms with Crippen LogP contribution in [0.1, 0.15) is 27.2 Å². The third-order valence-corrected chi connectivity index (χ3v) is 3.34. The molecule has 3 nitrogen and oxygen atoms in total. The van der Waals surface area contributed by atoms with Crippen molar-refractivity contribution < 1.29 is 4.79 Å². The van der Waals surface area contributed by atoms with Gasteiger partial charge in [0.15, 0.2) is 5.43 Å². The van der Waals surface area contributed by atoms with Gasteiger partial charge in [0.1, 0.15) is 0 Å². The summed E-state index contributed by atoms with van der Waals surface area (Å²) >= 11 is 5.45. The summed E-state index contributed by atoms with van der Waals surface area (Å²) in [6.07, 6.45) is 1.52. The van der Waals surface area contributed by atoms with Gasteiger partial charge in [0.2, 0.25) is 0 Å². The fraction of sp³-hybridized carbons (Fsp3) is 0.200. The Morgan fingerprint density at radius 3 is 2.26 bits per heavy atom. The van der Waals surface area contributed by atoms with Crippen molar-refractivity contribution >= 4 is 16.8 Å². The van der Waals surface area contributed by atoms with E-state index in [1.54, 1.807) is 0 Å². The lowest BCUT2D eigenvalue weighted by molar-refractivity contribution is 0.108. The van der Waals surface area contributed by atoms with Crippen molar-refractivity contribution in [3.05, 3.63) is 63.1 Å². The minimum Gasteiger partial charge on any atom is -0.320 e. The molecular formula is C15H14ClNO2. The average Bonchev–Trinajstić information content (AvgIpc) is 2.30. The molecule has 1 aromatic heterocycles. The maximum Gasteiger partial charge on any atom is 0.257 e. The zero-order valence-electron chi connectivity index (χ0n) is 11.0. The van der Waals surface area contributed by atoms with Gasteiger partial charge in [0.25, 0.3) is 5.24 Å². The van der Waals surface area contributed by atoms with Crippen LogP contribution in [0.4, 0.5) is 0 Å². The molecule has 0 aliphatic rings. The summed E-state index contributed by atoms with van der Waals surface area (Å²) in [7, 11) is 0. The Bertz CT molecular complexity index is 696. The molecule has 19 heavy (non-hydrogen) atoms. The lowest BCUT2D eigenvalue weighted by Gasteiger charge is -2.16. The number of hydrogen-bond acceptors (Lipinski definition) is 2. The average molecular weight is 276 g/mol. The van der Waals surface area contributed by atoms with Crippen LogP contribution < -0.4 is 5.43 Å². The maximum atomic E-state index is 11.7. The maximum absolute atomic E-state index is 11.7. The van der Waals surface area contributed by atoms with Crippen molar-refractivity contribution in [3.63, 3.8) is 0 Å². The van der Waals surface area contributed by atoms with Crippen LogP contribution in [0.2, 0.25) is 0 Å². The normalized spacial score (nSPS) is 10.5. The van der Waals surface area contributed by atoms with E-state index in [2.05, 4.69) is 0 Å². The highest BCUT2D eigenvalue weighted by Crippen LogP contribution is 2.20. The number of aryl methyl sites for hydroxylation is 3. The third-order valence-electron chi connectivity index (χ3n) is 3.14. The number of pyridine rings is 1. The predicted molar refractivity (Wildman–Crippen MR) is 76.4 cm³/mol. The zero-order chi connectivity index (χ0) is 14.2. The number of rotatable bonds is 2. The fourth-order valence-corrected chi connectivity index (χ4v) is 2.35. The standard InChI is InChI=1S/C15H14ClNO2/c1-9-5-4-6-10(2)14(9)17-8-12(15(16)19)13(18)7-11(17)3/h4-8H,1-3H3. The first-order chi connectivity index (χ1) is 8.91. The van der Waals surface area contributed by atoms with Crippen LogP contribution >= 0.6 is 11.6 Å². The van der Waals surface area contributed by atoms with E-state index in [1.807, 2.05) is 43.5 Å². The minimum atomic E-state index is -0.731. The number of hydrogen-bond donors (Lipinski definition) is 0. The summed E-state index contributed by atoms with van der Waals surface area (Å²) in [4.78, 5) is 23.0. The number of para-hydroxylation sites is 1. The molecule has 0 bridgehead atoms. The molecule has 0 radical (unpaired) electrons. The molecule has 0 N–H and O–H groups in total. The molecule has 2 aromatic rings. The molecule has 4 heteroatoms. The molecule has 1 aromatic carbocycles. The van der Waals surface area contributed by atoms with Crippen LogP contribution in [-0.4, -0.2) is 9.81 Å². The summed E-state index contributed by atoms with van der Waals surface area (Å²) in [6, 6.07) is 7.38. The number of carbonyl (C=O) groups is 1. The zero-order valence-corrected chi connectivity index (χ0v) is 11.8. The lowest BCUT2D eigenvalue weighted by Crippen LogP contribution is -2.17. The molecule has 0 saturated carbocycles. The van der Waals surface area contributed by atoms with Gasteiger partial charge in [-0.1, -0.05) is 18.2 Å². The van der Waals surface area contributed by atoms with Crippen LogP contribution in [0.3, 0.4) is 0 Å². The van der Waals surface area contributed by atoms with Gasteiger partial charge in [-0.3, -0.25) is 9.59 Å². The van der Waals surface area contributed by atoms with E-state index >= 15 is 0 Å². The fourth-order valence-electron chi connectivity index (χ4n) is 2.21. The number of aromatic nitrogens is 1. The van der Waals surface area contributed by atoms with Crippen molar-refractivity contribution in [1.29, 1.82) is 0 Å². The minimum absolute atomic E-state index is 0.00470. The first-order valence-electron chi connectivity index (χ1n) is 5.91. The second-order valence-electron chi connectivity index (χ2n) is 4.58. The van der Waals surface area contributed by atoms with E-state index in [0.717, 1.165) is 22.5 Å². The Morgan fingerprint density at radius 1 is 1.16 bits per heavy atom. The van der Waals surface area contributed by atoms with Crippen LogP contribution in [0.15, 0.2) is 35.3 Å². The van der Waals surface area contributed by atoms with Crippen molar-refractivity contribution in [2.45, 2.75) is 20.8 Å². The topological polar surface area (TPSA) is 39.1 Å². The van der Waals surface area contributed by atoms with Crippen LogP contribution in [-0.2, 0) is 0 Å². The highest BCUT2D eigenvalue weighted by atomic mass is 35.5. The molecule has 0 aliphatic carbocycles. The smallest absolute Gasteiger partial charge is 0.257 e. The summed E-state index contributed by atoms with van der Waals surface area (Å²) < 4.78 is 1.84. The molecule has 0 saturated heterocycles. The molecule has 0 fully saturated rings. The van der Waals surface area contributed by atoms with Gasteiger partial charge in [0, 0.05) is 18.0 Å². The van der Waals surface area contributed by atoms with Gasteiger partial charge < -0.3 is 4.57 Å². The van der Waals surface area contributed by atoms with E-state index in [9.17, 15) is 9.59 Å². The summed E-state index contributed by atoms with van der Waals surface area (Å²) in [5.41, 5.74) is 3.53. The number of nitrogens with zero attached hydrogens (tertiary/aromatic N) is 1. The van der Waals surface area contributed by atoms with Crippen molar-refractivity contribution in [1.82, 2.24) is 4.57 Å². The molecule has 1 heterocycles. The van der Waals surface area contributed by atoms with E-state index in [0.29, 0.717) is 0 Å². The van der Waals surface area contributed by atoms with Gasteiger partial charge in [-0.2, -0.15) is 0 Å². The summed E-state index contributed by atoms with van der Waals surface area (Å²) in [6.45, 7) is 5.81. The van der Waals surface area contributed by atoms with Crippen LogP contribution in [0, 0.1) is 20.8 Å². The number of halogens is 1. The molecule has 0 amide bonds. The summed E-state index contributed by atoms with van der Waals surface area (Å²) in [5.74, 6) is 0. The Labute approximate surface area is 116 Å². The Hall–Kier alpha value is -1.87. The van der Waals surface area contributed by atoms with Crippen molar-refractivity contribution in [2.75, 3.05) is 0 Å². The van der Waals surface area contributed by atoms with Crippen LogP contribution in [0.5, 0.6) is 0 Å². The van der Waals surface area contributed by atoms with Crippen molar-refractivity contribution in [3.8, 4) is 5.69 Å². The highest BCUT2D eigenvalue weighted by Gasteiger charge is 2.13. The Kier molecular flexibility index (Phi) is 3.58. The monoisotopic (exact) mass is 275 g/mol. The predicted octanol–water partition coefficient (Wildman–Crippen LogP) is 3.14. The molecular weight excluding hydrogens is 262 g/mol. The lowest BCUT2D eigenvalue weighted by atomic mass is 10.1. The van der Waals surface area contributed by atoms with Gasteiger partial charge in [-0.05, 0) is 43.5 Å². The summed E-state index contributed by atoms with van der Waals surface area (Å²) in [5, 5.41) is -0.731.